The number of aliphatic hydroxyl groups excluding tert-OH is 1. The predicted octanol–water partition coefficient (Wildman–Crippen LogP) is 0.954. The number of carbonyl (C=O) groups is 2. The normalized spacial score (nSPS) is 32.9. The first kappa shape index (κ1) is 17.0. The molecule has 2 fully saturated rings. The molecule has 3 atom stereocenters. The standard InChI is InChI=1S/C15H26N2O5/c1-14(2,3)22-13(21)16-15(12(19)20)7-8-17(9-15)10-5-4-6-11(10)18/h10-11,18H,4-9H2,1-3H3,(H,16,21)(H,19,20). The van der Waals surface area contributed by atoms with Crippen LogP contribution in [0.15, 0.2) is 0 Å². The second-order valence-corrected chi connectivity index (χ2v) is 7.30. The Balaban J connectivity index is 2.04. The van der Waals surface area contributed by atoms with E-state index in [0.29, 0.717) is 13.0 Å². The number of alkyl carbamates (subject to hydrolysis) is 1. The maximum absolute atomic E-state index is 12.0. The van der Waals surface area contributed by atoms with Crippen LogP contribution in [-0.4, -0.2) is 63.6 Å². The fourth-order valence-corrected chi connectivity index (χ4v) is 3.30. The number of nitrogens with zero attached hydrogens (tertiary/aromatic N) is 1. The molecule has 3 unspecified atom stereocenters. The monoisotopic (exact) mass is 314 g/mol. The number of likely N-dealkylation sites (tertiary alicyclic amines) is 1. The zero-order chi connectivity index (χ0) is 16.5. The number of carboxylic acid groups (broad SMARTS) is 1. The van der Waals surface area contributed by atoms with Gasteiger partial charge in [0.25, 0.3) is 0 Å². The van der Waals surface area contributed by atoms with Gasteiger partial charge in [0.1, 0.15) is 5.60 Å². The summed E-state index contributed by atoms with van der Waals surface area (Å²) in [4.78, 5) is 25.6. The Kier molecular flexibility index (Phi) is 4.67. The number of carbonyl (C=O) groups excluding carboxylic acids is 1. The number of hydrogen-bond donors (Lipinski definition) is 3. The average molecular weight is 314 g/mol. The Morgan fingerprint density at radius 3 is 2.50 bits per heavy atom. The van der Waals surface area contributed by atoms with Crippen molar-refractivity contribution in [3.63, 3.8) is 0 Å². The van der Waals surface area contributed by atoms with E-state index in [1.807, 2.05) is 4.90 Å². The lowest BCUT2D eigenvalue weighted by molar-refractivity contribution is -0.144. The molecule has 126 valence electrons. The van der Waals surface area contributed by atoms with Gasteiger partial charge >= 0.3 is 12.1 Å². The molecule has 0 radical (unpaired) electrons. The van der Waals surface area contributed by atoms with E-state index in [1.165, 1.54) is 0 Å². The van der Waals surface area contributed by atoms with E-state index in [0.717, 1.165) is 19.3 Å². The van der Waals surface area contributed by atoms with Gasteiger partial charge in [-0.3, -0.25) is 4.90 Å². The molecular weight excluding hydrogens is 288 g/mol. The SMILES string of the molecule is CC(C)(C)OC(=O)NC1(C(=O)O)CCN(C2CCCC2O)C1. The molecule has 1 saturated heterocycles. The summed E-state index contributed by atoms with van der Waals surface area (Å²) >= 11 is 0. The van der Waals surface area contributed by atoms with Gasteiger partial charge in [-0.1, -0.05) is 0 Å². The highest BCUT2D eigenvalue weighted by atomic mass is 16.6. The van der Waals surface area contributed by atoms with E-state index in [2.05, 4.69) is 5.32 Å². The summed E-state index contributed by atoms with van der Waals surface area (Å²) in [6.45, 7) is 5.94. The Labute approximate surface area is 130 Å². The number of rotatable bonds is 3. The number of aliphatic hydroxyl groups is 1. The first-order valence-electron chi connectivity index (χ1n) is 7.80. The summed E-state index contributed by atoms with van der Waals surface area (Å²) in [5.41, 5.74) is -2.02. The van der Waals surface area contributed by atoms with Crippen molar-refractivity contribution in [2.45, 2.75) is 69.7 Å². The number of amides is 1. The minimum absolute atomic E-state index is 0.0124. The quantitative estimate of drug-likeness (QED) is 0.717. The first-order chi connectivity index (χ1) is 10.1. The van der Waals surface area contributed by atoms with Gasteiger partial charge in [-0.15, -0.1) is 0 Å². The third-order valence-corrected chi connectivity index (χ3v) is 4.36. The Morgan fingerprint density at radius 2 is 2.00 bits per heavy atom. The zero-order valence-electron chi connectivity index (χ0n) is 13.5. The van der Waals surface area contributed by atoms with Crippen LogP contribution < -0.4 is 5.32 Å². The summed E-state index contributed by atoms with van der Waals surface area (Å²) < 4.78 is 5.18. The third-order valence-electron chi connectivity index (χ3n) is 4.36. The zero-order valence-corrected chi connectivity index (χ0v) is 13.5. The second kappa shape index (κ2) is 6.04. The van der Waals surface area contributed by atoms with Gasteiger partial charge in [-0.05, 0) is 46.5 Å². The van der Waals surface area contributed by atoms with Crippen LogP contribution >= 0.6 is 0 Å². The molecule has 0 aromatic heterocycles. The molecule has 22 heavy (non-hydrogen) atoms. The van der Waals surface area contributed by atoms with Crippen molar-refractivity contribution in [1.29, 1.82) is 0 Å². The average Bonchev–Trinajstić information content (AvgIpc) is 2.93. The molecule has 0 spiro atoms. The van der Waals surface area contributed by atoms with Crippen LogP contribution in [0.2, 0.25) is 0 Å². The third kappa shape index (κ3) is 3.70. The van der Waals surface area contributed by atoms with Crippen molar-refractivity contribution in [3.05, 3.63) is 0 Å². The Bertz CT molecular complexity index is 448. The summed E-state index contributed by atoms with van der Waals surface area (Å²) in [5, 5.41) is 22.1. The molecule has 1 aliphatic carbocycles. The second-order valence-electron chi connectivity index (χ2n) is 7.30. The van der Waals surface area contributed by atoms with E-state index in [-0.39, 0.29) is 12.6 Å². The molecule has 0 aromatic rings. The topological polar surface area (TPSA) is 99.1 Å². The molecule has 0 bridgehead atoms. The van der Waals surface area contributed by atoms with Gasteiger partial charge in [-0.2, -0.15) is 0 Å². The van der Waals surface area contributed by atoms with E-state index < -0.39 is 29.3 Å². The lowest BCUT2D eigenvalue weighted by Crippen LogP contribution is -2.58. The van der Waals surface area contributed by atoms with Crippen molar-refractivity contribution in [1.82, 2.24) is 10.2 Å². The maximum atomic E-state index is 12.0. The molecule has 1 heterocycles. The number of ether oxygens (including phenoxy) is 1. The van der Waals surface area contributed by atoms with E-state index in [4.69, 9.17) is 4.74 Å². The van der Waals surface area contributed by atoms with E-state index >= 15 is 0 Å². The predicted molar refractivity (Wildman–Crippen MR) is 79.6 cm³/mol. The number of carboxylic acids is 1. The van der Waals surface area contributed by atoms with Crippen LogP contribution in [0.5, 0.6) is 0 Å². The highest BCUT2D eigenvalue weighted by Gasteiger charge is 2.49. The molecule has 1 saturated carbocycles. The molecule has 7 heteroatoms. The molecule has 7 nitrogen and oxygen atoms in total. The van der Waals surface area contributed by atoms with Crippen LogP contribution in [0, 0.1) is 0 Å². The van der Waals surface area contributed by atoms with Gasteiger partial charge in [0.15, 0.2) is 5.54 Å². The summed E-state index contributed by atoms with van der Waals surface area (Å²) in [6, 6.07) is -0.0124. The first-order valence-corrected chi connectivity index (χ1v) is 7.80. The van der Waals surface area contributed by atoms with E-state index in [1.54, 1.807) is 20.8 Å². The van der Waals surface area contributed by atoms with Crippen LogP contribution in [-0.2, 0) is 9.53 Å². The number of hydrogen-bond acceptors (Lipinski definition) is 5. The molecular formula is C15H26N2O5. The van der Waals surface area contributed by atoms with Crippen molar-refractivity contribution in [2.75, 3.05) is 13.1 Å². The summed E-state index contributed by atoms with van der Waals surface area (Å²) in [5.74, 6) is -1.06. The van der Waals surface area contributed by atoms with Crippen molar-refractivity contribution < 1.29 is 24.5 Å². The number of aliphatic carboxylic acids is 1. The van der Waals surface area contributed by atoms with Gasteiger partial charge in [0.2, 0.25) is 0 Å². The van der Waals surface area contributed by atoms with Crippen molar-refractivity contribution in [2.24, 2.45) is 0 Å². The highest BCUT2D eigenvalue weighted by Crippen LogP contribution is 2.31. The van der Waals surface area contributed by atoms with Crippen LogP contribution in [0.1, 0.15) is 46.5 Å². The van der Waals surface area contributed by atoms with Crippen LogP contribution in [0.4, 0.5) is 4.79 Å². The van der Waals surface area contributed by atoms with Crippen LogP contribution in [0.25, 0.3) is 0 Å². The van der Waals surface area contributed by atoms with Crippen LogP contribution in [0.3, 0.4) is 0 Å². The van der Waals surface area contributed by atoms with Gasteiger partial charge in [0, 0.05) is 19.1 Å². The lowest BCUT2D eigenvalue weighted by Gasteiger charge is -2.31. The summed E-state index contributed by atoms with van der Waals surface area (Å²) in [7, 11) is 0. The van der Waals surface area contributed by atoms with E-state index in [9.17, 15) is 19.8 Å². The minimum atomic E-state index is -1.34. The summed E-state index contributed by atoms with van der Waals surface area (Å²) in [6.07, 6.45) is 1.74. The van der Waals surface area contributed by atoms with Gasteiger partial charge in [-0.25, -0.2) is 9.59 Å². The molecule has 1 amide bonds. The van der Waals surface area contributed by atoms with Crippen molar-refractivity contribution in [3.8, 4) is 0 Å². The Hall–Kier alpha value is -1.34. The Morgan fingerprint density at radius 1 is 1.32 bits per heavy atom. The lowest BCUT2D eigenvalue weighted by atomic mass is 9.99. The highest BCUT2D eigenvalue weighted by molar-refractivity contribution is 5.85. The fraction of sp³-hybridized carbons (Fsp3) is 0.867. The van der Waals surface area contributed by atoms with Gasteiger partial charge in [0.05, 0.1) is 6.10 Å². The molecule has 3 N–H and O–H groups in total. The molecule has 0 aromatic carbocycles. The maximum Gasteiger partial charge on any atom is 0.408 e. The van der Waals surface area contributed by atoms with Crippen molar-refractivity contribution >= 4 is 12.1 Å². The molecule has 1 aliphatic heterocycles. The molecule has 2 aliphatic rings. The largest absolute Gasteiger partial charge is 0.479 e. The fourth-order valence-electron chi connectivity index (χ4n) is 3.30. The molecule has 2 rings (SSSR count). The minimum Gasteiger partial charge on any atom is -0.479 e. The van der Waals surface area contributed by atoms with Gasteiger partial charge < -0.3 is 20.3 Å². The number of nitrogens with one attached hydrogen (secondary N) is 1. The smallest absolute Gasteiger partial charge is 0.408 e.